The van der Waals surface area contributed by atoms with Crippen LogP contribution < -0.4 is 0 Å². The molecule has 0 radical (unpaired) electrons. The van der Waals surface area contributed by atoms with Crippen LogP contribution in [0.1, 0.15) is 38.8 Å². The molecule has 5 aliphatic rings. The highest BCUT2D eigenvalue weighted by molar-refractivity contribution is 6.66. The summed E-state index contributed by atoms with van der Waals surface area (Å²) in [7, 11) is 0. The van der Waals surface area contributed by atoms with Crippen molar-refractivity contribution < 1.29 is 4.92 Å². The number of nitro benzene ring substituents is 1. The van der Waals surface area contributed by atoms with Crippen molar-refractivity contribution in [3.8, 4) is 0 Å². The quantitative estimate of drug-likeness (QED) is 0.162. The fourth-order valence-corrected chi connectivity index (χ4v) is 16.6. The summed E-state index contributed by atoms with van der Waals surface area (Å²) < 4.78 is -4.30. The molecule has 0 N–H and O–H groups in total. The number of fused-ring (bicyclic) bond motifs is 5. The zero-order valence-electron chi connectivity index (χ0n) is 20.0. The standard InChI is InChI=1S/C24H15Cl12NO2/c1-15(2)17-11(25)13(27)21(15,31)23(33,34)19(17,29)9-6-5-8(37(38)39)7-10(9)20(30)18(17)12(26)14(28)22(32,16(18,3)4)24(20,35)36/h5-7H,1-4H3/t17-,18+,19-,20-,21-,22+/m0/s1. The van der Waals surface area contributed by atoms with E-state index in [-0.39, 0.29) is 36.9 Å². The smallest absolute Gasteiger partial charge is 0.258 e. The van der Waals surface area contributed by atoms with E-state index in [0.717, 1.165) is 0 Å². The fraction of sp³-hybridized carbons (Fsp3) is 0.583. The Labute approximate surface area is 284 Å². The highest BCUT2D eigenvalue weighted by atomic mass is 35.5. The summed E-state index contributed by atoms with van der Waals surface area (Å²) in [6.45, 7) is 6.94. The third-order valence-corrected chi connectivity index (χ3v) is 19.3. The molecule has 0 unspecified atom stereocenters. The number of nitrogens with zero attached hydrogens (tertiary/aromatic N) is 1. The van der Waals surface area contributed by atoms with Crippen molar-refractivity contribution >= 4 is 145 Å². The minimum atomic E-state index is -2.18. The highest BCUT2D eigenvalue weighted by Gasteiger charge is 3.05. The Morgan fingerprint density at radius 3 is 1.31 bits per heavy atom. The molecular weight excluding hydrogens is 760 g/mol. The number of nitro groups is 1. The first kappa shape index (κ1) is 30.6. The number of hydrogen-bond donors (Lipinski definition) is 0. The average molecular weight is 775 g/mol. The molecule has 4 bridgehead atoms. The minimum absolute atomic E-state index is 0.0206. The van der Waals surface area contributed by atoms with Gasteiger partial charge in [0.1, 0.15) is 19.5 Å². The Morgan fingerprint density at radius 1 is 0.590 bits per heavy atom. The van der Waals surface area contributed by atoms with E-state index in [0.29, 0.717) is 0 Å². The minimum Gasteiger partial charge on any atom is -0.258 e. The average Bonchev–Trinajstić information content (AvgIpc) is 3.12. The normalized spacial score (nSPS) is 46.9. The maximum atomic E-state index is 12.0. The van der Waals surface area contributed by atoms with Crippen LogP contribution in [-0.2, 0) is 9.75 Å². The lowest BCUT2D eigenvalue weighted by Crippen LogP contribution is -2.72. The van der Waals surface area contributed by atoms with Gasteiger partial charge in [-0.15, -0.1) is 46.4 Å². The van der Waals surface area contributed by atoms with E-state index >= 15 is 0 Å². The number of rotatable bonds is 1. The van der Waals surface area contributed by atoms with Crippen molar-refractivity contribution in [2.75, 3.05) is 0 Å². The number of allylic oxidation sites excluding steroid dienone is 4. The Kier molecular flexibility index (Phi) is 5.89. The third kappa shape index (κ3) is 2.14. The fourth-order valence-electron chi connectivity index (χ4n) is 9.17. The zero-order valence-corrected chi connectivity index (χ0v) is 29.1. The van der Waals surface area contributed by atoms with Crippen LogP contribution in [0.2, 0.25) is 0 Å². The summed E-state index contributed by atoms with van der Waals surface area (Å²) in [4.78, 5) is 3.61. The molecule has 212 valence electrons. The second kappa shape index (κ2) is 7.51. The lowest BCUT2D eigenvalue weighted by molar-refractivity contribution is -0.385. The van der Waals surface area contributed by atoms with Gasteiger partial charge in [0.25, 0.3) is 5.69 Å². The molecule has 3 nitrogen and oxygen atoms in total. The van der Waals surface area contributed by atoms with Crippen molar-refractivity contribution in [2.24, 2.45) is 21.7 Å². The van der Waals surface area contributed by atoms with Gasteiger partial charge in [0.2, 0.25) is 0 Å². The maximum absolute atomic E-state index is 12.0. The van der Waals surface area contributed by atoms with E-state index in [1.165, 1.54) is 18.2 Å². The molecule has 2 spiro atoms. The summed E-state index contributed by atoms with van der Waals surface area (Å²) >= 11 is 88.2. The van der Waals surface area contributed by atoms with Crippen LogP contribution in [0.5, 0.6) is 0 Å². The first-order valence-electron chi connectivity index (χ1n) is 11.3. The van der Waals surface area contributed by atoms with Crippen LogP contribution in [0, 0.1) is 31.8 Å². The van der Waals surface area contributed by atoms with E-state index < -0.39 is 54.7 Å². The van der Waals surface area contributed by atoms with E-state index in [9.17, 15) is 10.1 Å². The van der Waals surface area contributed by atoms with Gasteiger partial charge in [0.05, 0.1) is 25.8 Å². The van der Waals surface area contributed by atoms with Gasteiger partial charge in [-0.1, -0.05) is 121 Å². The Morgan fingerprint density at radius 2 is 0.949 bits per heavy atom. The van der Waals surface area contributed by atoms with Crippen LogP contribution in [0.3, 0.4) is 0 Å². The van der Waals surface area contributed by atoms with Crippen LogP contribution in [-0.4, -0.2) is 23.3 Å². The molecule has 5 aliphatic carbocycles. The summed E-state index contributed by atoms with van der Waals surface area (Å²) in [6, 6.07) is 3.86. The molecule has 0 amide bonds. The Balaban J connectivity index is 2.03. The molecule has 0 aliphatic heterocycles. The monoisotopic (exact) mass is 769 g/mol. The van der Waals surface area contributed by atoms with Crippen molar-refractivity contribution in [1.29, 1.82) is 0 Å². The van der Waals surface area contributed by atoms with Crippen LogP contribution >= 0.6 is 139 Å². The highest BCUT2D eigenvalue weighted by Crippen LogP contribution is 3.02. The first-order chi connectivity index (χ1) is 17.4. The molecule has 15 heteroatoms. The van der Waals surface area contributed by atoms with Crippen molar-refractivity contribution in [1.82, 2.24) is 0 Å². The number of benzene rings is 1. The number of alkyl halides is 8. The van der Waals surface area contributed by atoms with Crippen LogP contribution in [0.15, 0.2) is 38.3 Å². The largest absolute Gasteiger partial charge is 0.269 e. The predicted octanol–water partition coefficient (Wildman–Crippen LogP) is 11.2. The number of hydrogen-bond acceptors (Lipinski definition) is 2. The molecule has 1 aromatic rings. The van der Waals surface area contributed by atoms with Crippen molar-refractivity contribution in [2.45, 2.75) is 55.9 Å². The topological polar surface area (TPSA) is 43.1 Å². The molecule has 6 rings (SSSR count). The van der Waals surface area contributed by atoms with E-state index in [1.54, 1.807) is 27.7 Å². The molecule has 39 heavy (non-hydrogen) atoms. The molecule has 6 atom stereocenters. The summed E-state index contributed by atoms with van der Waals surface area (Å²) in [5, 5.41) is 11.7. The Hall–Kier alpha value is 1.58. The second-order valence-electron chi connectivity index (χ2n) is 11.8. The molecule has 2 saturated carbocycles. The van der Waals surface area contributed by atoms with E-state index in [1.807, 2.05) is 0 Å². The second-order valence-corrected chi connectivity index (χ2v) is 18.2. The van der Waals surface area contributed by atoms with Crippen molar-refractivity contribution in [3.63, 3.8) is 0 Å². The van der Waals surface area contributed by atoms with Gasteiger partial charge in [-0.25, -0.2) is 0 Å². The summed E-state index contributed by atoms with van der Waals surface area (Å²) in [5.74, 6) is 0. The number of non-ortho nitro benzene ring substituents is 1. The third-order valence-electron chi connectivity index (χ3n) is 10.5. The molecule has 0 heterocycles. The maximum Gasteiger partial charge on any atom is 0.269 e. The Bertz CT molecular complexity index is 1530. The molecule has 2 fully saturated rings. The lowest BCUT2D eigenvalue weighted by atomic mass is 9.38. The lowest BCUT2D eigenvalue weighted by Gasteiger charge is -2.69. The van der Waals surface area contributed by atoms with Gasteiger partial charge in [-0.3, -0.25) is 10.1 Å². The van der Waals surface area contributed by atoms with Gasteiger partial charge < -0.3 is 0 Å². The van der Waals surface area contributed by atoms with E-state index in [2.05, 4.69) is 0 Å². The van der Waals surface area contributed by atoms with Gasteiger partial charge >= 0.3 is 0 Å². The van der Waals surface area contributed by atoms with Gasteiger partial charge in [-0.05, 0) is 17.2 Å². The van der Waals surface area contributed by atoms with Gasteiger partial charge in [0.15, 0.2) is 8.67 Å². The van der Waals surface area contributed by atoms with Crippen LogP contribution in [0.4, 0.5) is 5.69 Å². The van der Waals surface area contributed by atoms with Gasteiger partial charge in [0, 0.05) is 33.0 Å². The molecule has 0 aromatic heterocycles. The SMILES string of the molecule is CC1(C)[C@@]2(Cl)C(Cl)=C(Cl)[C@@]13[C@@]14C(Cl)=C(Cl)[C@@](Cl)(C1(C)C)C(Cl)(Cl)[C@]4(Cl)c1cc([N+](=O)[O-])ccc1[C@@]3(Cl)C2(Cl)Cl. The van der Waals surface area contributed by atoms with Crippen LogP contribution in [0.25, 0.3) is 0 Å². The van der Waals surface area contributed by atoms with E-state index in [4.69, 9.17) is 139 Å². The molecule has 1 aromatic carbocycles. The number of halogens is 12. The van der Waals surface area contributed by atoms with Crippen molar-refractivity contribution in [3.05, 3.63) is 59.6 Å². The molecule has 0 saturated heterocycles. The molecular formula is C24H15Cl12NO2. The summed E-state index contributed by atoms with van der Waals surface area (Å²) in [5.41, 5.74) is -6.51. The zero-order chi connectivity index (χ0) is 29.7. The van der Waals surface area contributed by atoms with Gasteiger partial charge in [-0.2, -0.15) is 0 Å². The predicted molar refractivity (Wildman–Crippen MR) is 164 cm³/mol. The first-order valence-corrected chi connectivity index (χ1v) is 15.9. The summed E-state index contributed by atoms with van der Waals surface area (Å²) in [6.07, 6.45) is 0.